The van der Waals surface area contributed by atoms with Crippen LogP contribution in [-0.4, -0.2) is 35.1 Å². The van der Waals surface area contributed by atoms with Crippen molar-refractivity contribution >= 4 is 33.2 Å². The first-order valence-corrected chi connectivity index (χ1v) is 13.7. The van der Waals surface area contributed by atoms with Crippen LogP contribution >= 0.6 is 11.6 Å². The van der Waals surface area contributed by atoms with Crippen molar-refractivity contribution in [3.63, 3.8) is 0 Å². The Kier molecular flexibility index (Phi) is 9.45. The van der Waals surface area contributed by atoms with Gasteiger partial charge >= 0.3 is 0 Å². The first-order chi connectivity index (χ1) is 17.5. The molecule has 0 heterocycles. The van der Waals surface area contributed by atoms with Crippen molar-refractivity contribution in [3.05, 3.63) is 82.9 Å². The van der Waals surface area contributed by atoms with Crippen LogP contribution in [0.25, 0.3) is 0 Å². The maximum absolute atomic E-state index is 13.7. The van der Waals surface area contributed by atoms with Gasteiger partial charge in [0.1, 0.15) is 18.0 Å². The lowest BCUT2D eigenvalue weighted by atomic mass is 9.97. The molecule has 37 heavy (non-hydrogen) atoms. The van der Waals surface area contributed by atoms with Gasteiger partial charge in [-0.15, -0.1) is 0 Å². The second-order valence-electron chi connectivity index (χ2n) is 9.17. The fraction of sp³-hybridized carbons (Fsp3) is 0.321. The van der Waals surface area contributed by atoms with E-state index in [4.69, 9.17) is 21.1 Å². The van der Waals surface area contributed by atoms with Crippen LogP contribution in [-0.2, 0) is 14.8 Å². The highest BCUT2D eigenvalue weighted by Gasteiger charge is 2.29. The van der Waals surface area contributed by atoms with E-state index in [0.717, 1.165) is 15.4 Å². The molecular formula is C28H33ClN2O5S. The van der Waals surface area contributed by atoms with Gasteiger partial charge in [-0.2, -0.15) is 0 Å². The van der Waals surface area contributed by atoms with Crippen LogP contribution in [0, 0.1) is 12.8 Å². The maximum atomic E-state index is 13.7. The first kappa shape index (κ1) is 28.3. The van der Waals surface area contributed by atoms with Crippen LogP contribution in [0.3, 0.4) is 0 Å². The Bertz CT molecular complexity index is 1310. The zero-order chi connectivity index (χ0) is 27.2. The first-order valence-electron chi connectivity index (χ1n) is 11.9. The Morgan fingerprint density at radius 2 is 1.62 bits per heavy atom. The summed E-state index contributed by atoms with van der Waals surface area (Å²) in [6, 6.07) is 18.3. The molecule has 0 bridgehead atoms. The number of benzene rings is 3. The third-order valence-corrected chi connectivity index (χ3v) is 7.96. The number of anilines is 1. The minimum Gasteiger partial charge on any atom is -0.497 e. The number of rotatable bonds is 11. The Morgan fingerprint density at radius 1 is 0.973 bits per heavy atom. The number of methoxy groups -OCH3 is 2. The molecule has 0 saturated carbocycles. The molecule has 1 atom stereocenters. The molecule has 3 rings (SSSR count). The van der Waals surface area contributed by atoms with Gasteiger partial charge in [-0.1, -0.05) is 55.3 Å². The number of halogens is 1. The van der Waals surface area contributed by atoms with Gasteiger partial charge in [-0.3, -0.25) is 9.10 Å². The molecule has 0 aliphatic carbocycles. The second kappa shape index (κ2) is 12.3. The van der Waals surface area contributed by atoms with E-state index in [1.54, 1.807) is 31.4 Å². The van der Waals surface area contributed by atoms with Crippen molar-refractivity contribution in [2.24, 2.45) is 5.92 Å². The Balaban J connectivity index is 1.95. The van der Waals surface area contributed by atoms with Crippen LogP contribution in [0.15, 0.2) is 71.6 Å². The molecule has 0 unspecified atom stereocenters. The normalized spacial score (nSPS) is 12.2. The molecule has 0 aliphatic heterocycles. The molecule has 1 amide bonds. The summed E-state index contributed by atoms with van der Waals surface area (Å²) < 4.78 is 38.9. The van der Waals surface area contributed by atoms with Crippen LogP contribution in [0.2, 0.25) is 5.02 Å². The van der Waals surface area contributed by atoms with Crippen LogP contribution in [0.5, 0.6) is 11.5 Å². The van der Waals surface area contributed by atoms with Gasteiger partial charge in [0.25, 0.3) is 10.0 Å². The molecule has 9 heteroatoms. The van der Waals surface area contributed by atoms with Crippen LogP contribution in [0.4, 0.5) is 5.69 Å². The van der Waals surface area contributed by atoms with Crippen molar-refractivity contribution in [1.82, 2.24) is 5.32 Å². The minimum absolute atomic E-state index is 0.0757. The summed E-state index contributed by atoms with van der Waals surface area (Å²) in [5.41, 5.74) is 2.08. The van der Waals surface area contributed by atoms with Gasteiger partial charge in [0, 0.05) is 0 Å². The Labute approximate surface area is 224 Å². The van der Waals surface area contributed by atoms with E-state index >= 15 is 0 Å². The summed E-state index contributed by atoms with van der Waals surface area (Å²) in [4.78, 5) is 13.4. The highest BCUT2D eigenvalue weighted by Crippen LogP contribution is 2.32. The predicted molar refractivity (Wildman–Crippen MR) is 147 cm³/mol. The third kappa shape index (κ3) is 7.17. The zero-order valence-electron chi connectivity index (χ0n) is 21.7. The van der Waals surface area contributed by atoms with E-state index in [0.29, 0.717) is 23.8 Å². The molecule has 1 N–H and O–H groups in total. The van der Waals surface area contributed by atoms with Gasteiger partial charge < -0.3 is 14.8 Å². The average Bonchev–Trinajstić information content (AvgIpc) is 2.87. The van der Waals surface area contributed by atoms with E-state index in [1.165, 1.54) is 25.3 Å². The number of hydrogen-bond donors (Lipinski definition) is 1. The van der Waals surface area contributed by atoms with E-state index in [9.17, 15) is 13.2 Å². The predicted octanol–water partition coefficient (Wildman–Crippen LogP) is 5.76. The number of sulfonamides is 1. The van der Waals surface area contributed by atoms with Crippen molar-refractivity contribution in [2.75, 3.05) is 25.1 Å². The molecule has 0 aliphatic rings. The lowest BCUT2D eigenvalue weighted by Gasteiger charge is -2.27. The number of amides is 1. The van der Waals surface area contributed by atoms with Crippen molar-refractivity contribution in [3.8, 4) is 11.5 Å². The minimum atomic E-state index is -4.08. The summed E-state index contributed by atoms with van der Waals surface area (Å²) in [5.74, 6) is 0.966. The van der Waals surface area contributed by atoms with Gasteiger partial charge in [0.2, 0.25) is 5.91 Å². The summed E-state index contributed by atoms with van der Waals surface area (Å²) in [7, 11) is -1.01. The number of hydrogen-bond acceptors (Lipinski definition) is 5. The summed E-state index contributed by atoms with van der Waals surface area (Å²) in [6.07, 6.45) is 0.678. The van der Waals surface area contributed by atoms with Crippen LogP contribution in [0.1, 0.15) is 37.4 Å². The number of carbonyl (C=O) groups excluding carboxylic acids is 1. The zero-order valence-corrected chi connectivity index (χ0v) is 23.3. The molecule has 0 aromatic heterocycles. The lowest BCUT2D eigenvalue weighted by molar-refractivity contribution is -0.120. The number of ether oxygens (including phenoxy) is 2. The summed E-state index contributed by atoms with van der Waals surface area (Å²) in [6.45, 7) is 5.58. The molecule has 0 fully saturated rings. The molecule has 0 saturated heterocycles. The Morgan fingerprint density at radius 3 is 2.16 bits per heavy atom. The van der Waals surface area contributed by atoms with Gasteiger partial charge in [-0.25, -0.2) is 8.42 Å². The highest BCUT2D eigenvalue weighted by atomic mass is 35.5. The average molecular weight is 545 g/mol. The van der Waals surface area contributed by atoms with Crippen molar-refractivity contribution < 1.29 is 22.7 Å². The number of nitrogens with zero attached hydrogens (tertiary/aromatic N) is 1. The lowest BCUT2D eigenvalue weighted by Crippen LogP contribution is -2.42. The quantitative estimate of drug-likeness (QED) is 0.331. The molecule has 3 aromatic rings. The summed E-state index contributed by atoms with van der Waals surface area (Å²) >= 11 is 6.32. The fourth-order valence-corrected chi connectivity index (χ4v) is 5.58. The van der Waals surface area contributed by atoms with Gasteiger partial charge in [0.15, 0.2) is 0 Å². The van der Waals surface area contributed by atoms with E-state index in [-0.39, 0.29) is 21.6 Å². The van der Waals surface area contributed by atoms with Gasteiger partial charge in [-0.05, 0) is 67.3 Å². The molecule has 0 spiro atoms. The fourth-order valence-electron chi connectivity index (χ4n) is 3.92. The van der Waals surface area contributed by atoms with Crippen molar-refractivity contribution in [1.29, 1.82) is 0 Å². The molecular weight excluding hydrogens is 512 g/mol. The summed E-state index contributed by atoms with van der Waals surface area (Å²) in [5, 5.41) is 3.27. The Hall–Kier alpha value is -3.23. The topological polar surface area (TPSA) is 84.9 Å². The monoisotopic (exact) mass is 544 g/mol. The second-order valence-corrected chi connectivity index (χ2v) is 11.4. The number of carbonyl (C=O) groups is 1. The SMILES string of the molecule is COc1ccc([C@@H](CC(C)C)NC(=O)CN(c2ccc(OC)c(Cl)c2)S(=O)(=O)c2ccc(C)cc2)cc1. The molecule has 3 aromatic carbocycles. The smallest absolute Gasteiger partial charge is 0.264 e. The maximum Gasteiger partial charge on any atom is 0.264 e. The largest absolute Gasteiger partial charge is 0.497 e. The van der Waals surface area contributed by atoms with Crippen molar-refractivity contribution in [2.45, 2.75) is 38.1 Å². The number of aryl methyl sites for hydroxylation is 1. The number of nitrogens with one attached hydrogen (secondary N) is 1. The molecule has 198 valence electrons. The van der Waals surface area contributed by atoms with E-state index in [1.807, 2.05) is 31.2 Å². The molecule has 7 nitrogen and oxygen atoms in total. The third-order valence-electron chi connectivity index (χ3n) is 5.88. The van der Waals surface area contributed by atoms with Gasteiger partial charge in [0.05, 0.1) is 35.9 Å². The highest BCUT2D eigenvalue weighted by molar-refractivity contribution is 7.92. The standard InChI is InChI=1S/C28H33ClN2O5S/c1-19(2)16-26(21-8-11-23(35-4)12-9-21)30-28(32)18-31(22-10-15-27(36-5)25(29)17-22)37(33,34)24-13-6-20(3)7-14-24/h6-15,17,19,26H,16,18H2,1-5H3,(H,30,32)/t26-/m1/s1. The van der Waals surface area contributed by atoms with E-state index in [2.05, 4.69) is 19.2 Å². The molecule has 0 radical (unpaired) electrons. The van der Waals surface area contributed by atoms with E-state index < -0.39 is 22.5 Å². The van der Waals surface area contributed by atoms with Crippen LogP contribution < -0.4 is 19.1 Å².